The zero-order chi connectivity index (χ0) is 19.5. The van der Waals surface area contributed by atoms with Crippen molar-refractivity contribution in [3.8, 4) is 5.75 Å². The number of hydrogen-bond donors (Lipinski definition) is 1. The molecular formula is C21H28N4O3. The molecule has 0 bridgehead atoms. The van der Waals surface area contributed by atoms with Gasteiger partial charge in [-0.2, -0.15) is 5.10 Å². The molecule has 7 nitrogen and oxygen atoms in total. The minimum Gasteiger partial charge on any atom is -0.497 e. The second-order valence-electron chi connectivity index (χ2n) is 8.00. The van der Waals surface area contributed by atoms with Crippen molar-refractivity contribution in [3.05, 3.63) is 42.5 Å². The van der Waals surface area contributed by atoms with Crippen LogP contribution >= 0.6 is 0 Å². The van der Waals surface area contributed by atoms with Gasteiger partial charge in [-0.3, -0.25) is 4.79 Å². The Morgan fingerprint density at radius 3 is 2.64 bits per heavy atom. The lowest BCUT2D eigenvalue weighted by Crippen LogP contribution is -2.36. The van der Waals surface area contributed by atoms with Gasteiger partial charge in [0, 0.05) is 19.5 Å². The van der Waals surface area contributed by atoms with Crippen molar-refractivity contribution in [2.45, 2.75) is 44.2 Å². The number of aromatic nitrogens is 3. The molecule has 1 aromatic carbocycles. The summed E-state index contributed by atoms with van der Waals surface area (Å²) in [6, 6.07) is 7.99. The van der Waals surface area contributed by atoms with E-state index >= 15 is 0 Å². The van der Waals surface area contributed by atoms with Crippen LogP contribution in [0.3, 0.4) is 0 Å². The summed E-state index contributed by atoms with van der Waals surface area (Å²) in [6.07, 6.45) is 6.64. The smallest absolute Gasteiger partial charge is 0.222 e. The van der Waals surface area contributed by atoms with E-state index in [4.69, 9.17) is 4.74 Å². The van der Waals surface area contributed by atoms with Gasteiger partial charge < -0.3 is 14.7 Å². The number of aliphatic hydroxyl groups excluding tert-OH is 1. The molecule has 1 N–H and O–H groups in total. The Morgan fingerprint density at radius 1 is 1.21 bits per heavy atom. The lowest BCUT2D eigenvalue weighted by molar-refractivity contribution is -0.130. The van der Waals surface area contributed by atoms with Crippen LogP contribution in [0, 0.1) is 11.8 Å². The van der Waals surface area contributed by atoms with Crippen LogP contribution < -0.4 is 4.74 Å². The van der Waals surface area contributed by atoms with Crippen LogP contribution in [0.2, 0.25) is 0 Å². The van der Waals surface area contributed by atoms with Crippen molar-refractivity contribution in [1.29, 1.82) is 0 Å². The zero-order valence-electron chi connectivity index (χ0n) is 16.3. The highest BCUT2D eigenvalue weighted by molar-refractivity contribution is 5.76. The van der Waals surface area contributed by atoms with Gasteiger partial charge in [0.1, 0.15) is 18.4 Å². The van der Waals surface area contributed by atoms with Gasteiger partial charge >= 0.3 is 0 Å². The Morgan fingerprint density at radius 2 is 1.96 bits per heavy atom. The predicted molar refractivity (Wildman–Crippen MR) is 104 cm³/mol. The number of ether oxygens (including phenoxy) is 1. The third-order valence-corrected chi connectivity index (χ3v) is 6.25. The van der Waals surface area contributed by atoms with E-state index in [1.165, 1.54) is 11.9 Å². The van der Waals surface area contributed by atoms with Gasteiger partial charge in [-0.1, -0.05) is 12.1 Å². The first-order valence-electron chi connectivity index (χ1n) is 10.1. The molecule has 7 heteroatoms. The van der Waals surface area contributed by atoms with Gasteiger partial charge in [-0.05, 0) is 55.2 Å². The third-order valence-electron chi connectivity index (χ3n) is 6.25. The first-order chi connectivity index (χ1) is 13.6. The van der Waals surface area contributed by atoms with Crippen LogP contribution in [0.25, 0.3) is 0 Å². The average Bonchev–Trinajstić information content (AvgIpc) is 3.37. The van der Waals surface area contributed by atoms with Gasteiger partial charge in [-0.15, -0.1) is 0 Å². The molecule has 1 aliphatic carbocycles. The fourth-order valence-electron chi connectivity index (χ4n) is 4.68. The number of fused-ring (bicyclic) bond motifs is 1. The van der Waals surface area contributed by atoms with E-state index in [9.17, 15) is 9.90 Å². The van der Waals surface area contributed by atoms with E-state index in [0.717, 1.165) is 44.5 Å². The standard InChI is InChI=1S/C21H28N4O3/c1-28-18-7-5-15(6-8-18)3-2-4-21(27)24-11-16-9-19(25-14-22-13-23-25)20(26)10-17(16)12-24/h5-8,13-14,16-17,19-20,26H,2-4,9-12H2,1H3/t16-,17+,19-,20-/m1/s1. The van der Waals surface area contributed by atoms with Gasteiger partial charge in [-0.25, -0.2) is 9.67 Å². The molecule has 1 saturated carbocycles. The maximum Gasteiger partial charge on any atom is 0.222 e. The summed E-state index contributed by atoms with van der Waals surface area (Å²) in [6.45, 7) is 1.57. The number of benzene rings is 1. The summed E-state index contributed by atoms with van der Waals surface area (Å²) in [5.41, 5.74) is 1.22. The van der Waals surface area contributed by atoms with E-state index in [1.807, 2.05) is 17.0 Å². The van der Waals surface area contributed by atoms with Crippen LogP contribution in [0.5, 0.6) is 5.75 Å². The molecular weight excluding hydrogens is 356 g/mol. The van der Waals surface area contributed by atoms with Crippen molar-refractivity contribution >= 4 is 5.91 Å². The Kier molecular flexibility index (Phi) is 5.62. The molecule has 0 spiro atoms. The van der Waals surface area contributed by atoms with Crippen LogP contribution in [-0.4, -0.2) is 57.0 Å². The number of methoxy groups -OCH3 is 1. The molecule has 2 aromatic rings. The fourth-order valence-corrected chi connectivity index (χ4v) is 4.68. The number of hydrogen-bond acceptors (Lipinski definition) is 5. The van der Waals surface area contributed by atoms with Crippen LogP contribution in [0.4, 0.5) is 0 Å². The molecule has 1 saturated heterocycles. The van der Waals surface area contributed by atoms with Gasteiger partial charge in [0.2, 0.25) is 5.91 Å². The van der Waals surface area contributed by atoms with Crippen LogP contribution in [0.1, 0.15) is 37.3 Å². The molecule has 1 aromatic heterocycles. The molecule has 0 radical (unpaired) electrons. The van der Waals surface area contributed by atoms with Crippen molar-refractivity contribution < 1.29 is 14.6 Å². The molecule has 4 atom stereocenters. The molecule has 2 aliphatic rings. The van der Waals surface area contributed by atoms with Gasteiger partial charge in [0.05, 0.1) is 19.3 Å². The first-order valence-corrected chi connectivity index (χ1v) is 10.1. The highest BCUT2D eigenvalue weighted by atomic mass is 16.5. The fraction of sp³-hybridized carbons (Fsp3) is 0.571. The van der Waals surface area contributed by atoms with E-state index in [2.05, 4.69) is 22.2 Å². The average molecular weight is 384 g/mol. The van der Waals surface area contributed by atoms with E-state index in [0.29, 0.717) is 18.3 Å². The van der Waals surface area contributed by atoms with Crippen molar-refractivity contribution in [3.63, 3.8) is 0 Å². The summed E-state index contributed by atoms with van der Waals surface area (Å²) < 4.78 is 6.94. The second-order valence-corrected chi connectivity index (χ2v) is 8.00. The number of rotatable bonds is 6. The molecule has 1 amide bonds. The second kappa shape index (κ2) is 8.31. The lowest BCUT2D eigenvalue weighted by Gasteiger charge is -2.34. The predicted octanol–water partition coefficient (Wildman–Crippen LogP) is 2.08. The number of aryl methyl sites for hydroxylation is 1. The molecule has 1 aliphatic heterocycles. The summed E-state index contributed by atoms with van der Waals surface area (Å²) in [4.78, 5) is 18.7. The van der Waals surface area contributed by atoms with Gasteiger partial charge in [0.25, 0.3) is 0 Å². The highest BCUT2D eigenvalue weighted by Gasteiger charge is 2.43. The third kappa shape index (κ3) is 4.04. The van der Waals surface area contributed by atoms with Crippen LogP contribution in [-0.2, 0) is 11.2 Å². The number of carbonyl (C=O) groups excluding carboxylic acids is 1. The highest BCUT2D eigenvalue weighted by Crippen LogP contribution is 2.41. The molecule has 4 rings (SSSR count). The normalized spacial score (nSPS) is 26.9. The number of amides is 1. The van der Waals surface area contributed by atoms with Gasteiger partial charge in [0.15, 0.2) is 0 Å². The number of carbonyl (C=O) groups is 1. The molecule has 2 fully saturated rings. The van der Waals surface area contributed by atoms with Crippen molar-refractivity contribution in [2.24, 2.45) is 11.8 Å². The number of likely N-dealkylation sites (tertiary alicyclic amines) is 1. The zero-order valence-corrected chi connectivity index (χ0v) is 16.3. The summed E-state index contributed by atoms with van der Waals surface area (Å²) in [7, 11) is 1.66. The summed E-state index contributed by atoms with van der Waals surface area (Å²) in [5.74, 6) is 1.91. The van der Waals surface area contributed by atoms with E-state index in [1.54, 1.807) is 18.1 Å². The molecule has 150 valence electrons. The monoisotopic (exact) mass is 384 g/mol. The molecule has 28 heavy (non-hydrogen) atoms. The minimum absolute atomic E-state index is 0.0334. The molecule has 0 unspecified atom stereocenters. The Hall–Kier alpha value is -2.41. The van der Waals surface area contributed by atoms with E-state index < -0.39 is 6.10 Å². The van der Waals surface area contributed by atoms with Crippen molar-refractivity contribution in [2.75, 3.05) is 20.2 Å². The van der Waals surface area contributed by atoms with E-state index in [-0.39, 0.29) is 11.9 Å². The first kappa shape index (κ1) is 18.9. The number of nitrogens with zero attached hydrogens (tertiary/aromatic N) is 4. The molecule has 2 heterocycles. The maximum atomic E-state index is 12.7. The Labute approximate surface area is 165 Å². The quantitative estimate of drug-likeness (QED) is 0.825. The maximum absolute atomic E-state index is 12.7. The summed E-state index contributed by atoms with van der Waals surface area (Å²) in [5, 5.41) is 14.7. The summed E-state index contributed by atoms with van der Waals surface area (Å²) >= 11 is 0. The largest absolute Gasteiger partial charge is 0.497 e. The Balaban J connectivity index is 1.27. The Bertz CT molecular complexity index is 777. The topological polar surface area (TPSA) is 80.5 Å². The van der Waals surface area contributed by atoms with Crippen LogP contribution in [0.15, 0.2) is 36.9 Å². The minimum atomic E-state index is -0.423. The SMILES string of the molecule is COc1ccc(CCCC(=O)N2C[C@H]3C[C@@H](n4cncn4)[C@H](O)C[C@H]3C2)cc1. The van der Waals surface area contributed by atoms with Crippen molar-refractivity contribution in [1.82, 2.24) is 19.7 Å². The number of aliphatic hydroxyl groups is 1. The lowest BCUT2D eigenvalue weighted by atomic mass is 9.77.